The van der Waals surface area contributed by atoms with Crippen LogP contribution in [0.1, 0.15) is 22.8 Å². The third-order valence-electron chi connectivity index (χ3n) is 2.61. The predicted molar refractivity (Wildman–Crippen MR) is 77.7 cm³/mol. The Hall–Kier alpha value is -2.02. The van der Waals surface area contributed by atoms with E-state index in [4.69, 9.17) is 33.2 Å². The fraction of sp³-hybridized carbons (Fsp3) is 0.0667. The Morgan fingerprint density at radius 2 is 1.90 bits per heavy atom. The van der Waals surface area contributed by atoms with E-state index in [9.17, 15) is 4.79 Å². The van der Waals surface area contributed by atoms with E-state index in [1.807, 2.05) is 6.07 Å². The number of nitrogens with zero attached hydrogens (tertiary/aromatic N) is 1. The molecule has 0 saturated heterocycles. The Balaban J connectivity index is 2.43. The van der Waals surface area contributed by atoms with E-state index < -0.39 is 0 Å². The number of halogens is 2. The van der Waals surface area contributed by atoms with Crippen LogP contribution in [-0.4, -0.2) is 5.78 Å². The van der Waals surface area contributed by atoms with Crippen LogP contribution in [0.3, 0.4) is 0 Å². The Kier molecular flexibility index (Phi) is 4.29. The highest BCUT2D eigenvalue weighted by atomic mass is 35.5. The first kappa shape index (κ1) is 14.4. The summed E-state index contributed by atoms with van der Waals surface area (Å²) in [6.07, 6.45) is 0. The van der Waals surface area contributed by atoms with Gasteiger partial charge < -0.3 is 4.74 Å². The predicted octanol–water partition coefficient (Wildman–Crippen LogP) is 4.86. The summed E-state index contributed by atoms with van der Waals surface area (Å²) in [5.74, 6) is 0.608. The molecule has 0 radical (unpaired) electrons. The van der Waals surface area contributed by atoms with Crippen molar-refractivity contribution in [1.29, 1.82) is 5.26 Å². The smallest absolute Gasteiger partial charge is 0.163 e. The van der Waals surface area contributed by atoms with Crippen molar-refractivity contribution in [3.63, 3.8) is 0 Å². The van der Waals surface area contributed by atoms with Crippen LogP contribution < -0.4 is 4.74 Å². The molecule has 0 N–H and O–H groups in total. The van der Waals surface area contributed by atoms with Crippen LogP contribution in [0, 0.1) is 11.3 Å². The largest absolute Gasteiger partial charge is 0.457 e. The SMILES string of the molecule is CC(=O)c1ccc(C#N)cc1Oc1ccc(Cl)c(Cl)c1. The van der Waals surface area contributed by atoms with Gasteiger partial charge in [0.15, 0.2) is 5.78 Å². The number of hydrogen-bond donors (Lipinski definition) is 0. The molecule has 0 saturated carbocycles. The number of hydrogen-bond acceptors (Lipinski definition) is 3. The summed E-state index contributed by atoms with van der Waals surface area (Å²) < 4.78 is 5.63. The highest BCUT2D eigenvalue weighted by molar-refractivity contribution is 6.42. The van der Waals surface area contributed by atoms with Crippen LogP contribution >= 0.6 is 23.2 Å². The van der Waals surface area contributed by atoms with Crippen molar-refractivity contribution in [3.05, 3.63) is 57.6 Å². The summed E-state index contributed by atoms with van der Waals surface area (Å²) in [7, 11) is 0. The highest BCUT2D eigenvalue weighted by Crippen LogP contribution is 2.31. The zero-order valence-electron chi connectivity index (χ0n) is 10.5. The highest BCUT2D eigenvalue weighted by Gasteiger charge is 2.11. The fourth-order valence-corrected chi connectivity index (χ4v) is 1.92. The molecule has 0 aromatic heterocycles. The van der Waals surface area contributed by atoms with Gasteiger partial charge in [0.2, 0.25) is 0 Å². The van der Waals surface area contributed by atoms with Gasteiger partial charge in [-0.3, -0.25) is 4.79 Å². The van der Waals surface area contributed by atoms with Crippen LogP contribution in [0.5, 0.6) is 11.5 Å². The lowest BCUT2D eigenvalue weighted by atomic mass is 10.1. The topological polar surface area (TPSA) is 50.1 Å². The molecule has 0 amide bonds. The molecule has 0 aliphatic carbocycles. The molecule has 0 fully saturated rings. The minimum Gasteiger partial charge on any atom is -0.457 e. The van der Waals surface area contributed by atoms with Crippen molar-refractivity contribution in [2.45, 2.75) is 6.92 Å². The van der Waals surface area contributed by atoms with Gasteiger partial charge in [0.25, 0.3) is 0 Å². The third-order valence-corrected chi connectivity index (χ3v) is 3.35. The van der Waals surface area contributed by atoms with Gasteiger partial charge in [-0.15, -0.1) is 0 Å². The summed E-state index contributed by atoms with van der Waals surface area (Å²) in [6, 6.07) is 11.4. The van der Waals surface area contributed by atoms with Crippen LogP contribution in [0.15, 0.2) is 36.4 Å². The lowest BCUT2D eigenvalue weighted by molar-refractivity contribution is 0.101. The molecule has 0 bridgehead atoms. The van der Waals surface area contributed by atoms with E-state index in [-0.39, 0.29) is 5.78 Å². The van der Waals surface area contributed by atoms with Crippen molar-refractivity contribution in [1.82, 2.24) is 0 Å². The van der Waals surface area contributed by atoms with Crippen LogP contribution in [0.4, 0.5) is 0 Å². The maximum Gasteiger partial charge on any atom is 0.163 e. The maximum absolute atomic E-state index is 11.6. The Morgan fingerprint density at radius 3 is 2.50 bits per heavy atom. The number of rotatable bonds is 3. The second-order valence-corrected chi connectivity index (χ2v) is 4.87. The Labute approximate surface area is 126 Å². The molecule has 0 heterocycles. The quantitative estimate of drug-likeness (QED) is 0.761. The minimum absolute atomic E-state index is 0.149. The zero-order chi connectivity index (χ0) is 14.7. The third kappa shape index (κ3) is 3.11. The molecule has 0 spiro atoms. The number of benzene rings is 2. The summed E-state index contributed by atoms with van der Waals surface area (Å²) in [5.41, 5.74) is 0.806. The van der Waals surface area contributed by atoms with Gasteiger partial charge in [-0.2, -0.15) is 5.26 Å². The van der Waals surface area contributed by atoms with Crippen molar-refractivity contribution in [2.75, 3.05) is 0 Å². The molecule has 2 aromatic carbocycles. The Morgan fingerprint density at radius 1 is 1.15 bits per heavy atom. The number of nitriles is 1. The van der Waals surface area contributed by atoms with Gasteiger partial charge in [-0.05, 0) is 37.3 Å². The van der Waals surface area contributed by atoms with Gasteiger partial charge in [0.1, 0.15) is 11.5 Å². The average Bonchev–Trinajstić information content (AvgIpc) is 2.42. The minimum atomic E-state index is -0.149. The van der Waals surface area contributed by atoms with Gasteiger partial charge in [0, 0.05) is 6.07 Å². The molecule has 2 rings (SSSR count). The average molecular weight is 306 g/mol. The number of ketones is 1. The number of Topliss-reactive ketones (excluding diaryl/α,β-unsaturated/α-hetero) is 1. The van der Waals surface area contributed by atoms with E-state index in [1.54, 1.807) is 30.3 Å². The molecule has 0 aliphatic heterocycles. The van der Waals surface area contributed by atoms with Crippen LogP contribution in [-0.2, 0) is 0 Å². The van der Waals surface area contributed by atoms with Gasteiger partial charge in [0.05, 0.1) is 27.2 Å². The Bertz CT molecular complexity index is 720. The first-order chi connectivity index (χ1) is 9.51. The van der Waals surface area contributed by atoms with E-state index in [0.29, 0.717) is 32.7 Å². The molecule has 5 heteroatoms. The summed E-state index contributed by atoms with van der Waals surface area (Å²) in [5, 5.41) is 9.67. The van der Waals surface area contributed by atoms with Crippen LogP contribution in [0.2, 0.25) is 10.0 Å². The molecule has 2 aromatic rings. The summed E-state index contributed by atoms with van der Waals surface area (Å²) in [6.45, 7) is 1.43. The lowest BCUT2D eigenvalue weighted by Gasteiger charge is -2.10. The van der Waals surface area contributed by atoms with E-state index in [0.717, 1.165) is 0 Å². The van der Waals surface area contributed by atoms with Gasteiger partial charge >= 0.3 is 0 Å². The van der Waals surface area contributed by atoms with E-state index >= 15 is 0 Å². The normalized spacial score (nSPS) is 9.90. The lowest BCUT2D eigenvalue weighted by Crippen LogP contribution is -1.97. The van der Waals surface area contributed by atoms with E-state index in [1.165, 1.54) is 13.0 Å². The molecular formula is C15H9Cl2NO2. The maximum atomic E-state index is 11.6. The standard InChI is InChI=1S/C15H9Cl2NO2/c1-9(19)12-4-2-10(8-18)6-15(12)20-11-3-5-13(16)14(17)7-11/h2-7H,1H3. The molecule has 20 heavy (non-hydrogen) atoms. The van der Waals surface area contributed by atoms with Crippen molar-refractivity contribution in [3.8, 4) is 17.6 Å². The second-order valence-electron chi connectivity index (χ2n) is 4.06. The fourth-order valence-electron chi connectivity index (χ4n) is 1.63. The van der Waals surface area contributed by atoms with Crippen molar-refractivity contribution < 1.29 is 9.53 Å². The van der Waals surface area contributed by atoms with E-state index in [2.05, 4.69) is 0 Å². The summed E-state index contributed by atoms with van der Waals surface area (Å²) >= 11 is 11.7. The van der Waals surface area contributed by atoms with Crippen LogP contribution in [0.25, 0.3) is 0 Å². The van der Waals surface area contributed by atoms with Crippen molar-refractivity contribution >= 4 is 29.0 Å². The second kappa shape index (κ2) is 5.96. The molecule has 3 nitrogen and oxygen atoms in total. The molecule has 0 atom stereocenters. The number of carbonyl (C=O) groups is 1. The molecular weight excluding hydrogens is 297 g/mol. The molecule has 100 valence electrons. The van der Waals surface area contributed by atoms with Crippen molar-refractivity contribution in [2.24, 2.45) is 0 Å². The summed E-state index contributed by atoms with van der Waals surface area (Å²) in [4.78, 5) is 11.6. The van der Waals surface area contributed by atoms with Gasteiger partial charge in [-0.25, -0.2) is 0 Å². The monoisotopic (exact) mass is 305 g/mol. The number of carbonyl (C=O) groups excluding carboxylic acids is 1. The van der Waals surface area contributed by atoms with Gasteiger partial charge in [-0.1, -0.05) is 23.2 Å². The number of ether oxygens (including phenoxy) is 1. The first-order valence-electron chi connectivity index (χ1n) is 5.69. The zero-order valence-corrected chi connectivity index (χ0v) is 12.0. The molecule has 0 unspecified atom stereocenters. The first-order valence-corrected chi connectivity index (χ1v) is 6.45. The molecule has 0 aliphatic rings.